The fraction of sp³-hybridized carbons (Fsp3) is 0.0714. The van der Waals surface area contributed by atoms with Crippen LogP contribution in [0.3, 0.4) is 0 Å². The maximum absolute atomic E-state index is 11.3. The van der Waals surface area contributed by atoms with E-state index in [0.717, 1.165) is 10.0 Å². The summed E-state index contributed by atoms with van der Waals surface area (Å²) in [6.45, 7) is 0. The fourth-order valence-electron chi connectivity index (χ4n) is 2.26. The second-order valence-corrected chi connectivity index (χ2v) is 5.36. The van der Waals surface area contributed by atoms with Crippen LogP contribution in [0.1, 0.15) is 17.0 Å². The van der Waals surface area contributed by atoms with Crippen molar-refractivity contribution in [3.63, 3.8) is 0 Å². The van der Waals surface area contributed by atoms with Crippen LogP contribution < -0.4 is 16.2 Å². The summed E-state index contributed by atoms with van der Waals surface area (Å²) in [5.41, 5.74) is 7.01. The SMILES string of the molecule is N#CC1=C(N)Oc2[nH]c(=O)ncc2C1c1ccc(Br)cc1. The van der Waals surface area contributed by atoms with Gasteiger partial charge in [0, 0.05) is 16.2 Å². The number of nitrogens with one attached hydrogen (secondary N) is 1. The molecule has 0 fully saturated rings. The van der Waals surface area contributed by atoms with Gasteiger partial charge in [0.15, 0.2) is 0 Å². The van der Waals surface area contributed by atoms with Gasteiger partial charge in [-0.2, -0.15) is 5.26 Å². The Morgan fingerprint density at radius 3 is 2.76 bits per heavy atom. The Morgan fingerprint density at radius 2 is 2.10 bits per heavy atom. The van der Waals surface area contributed by atoms with Gasteiger partial charge >= 0.3 is 5.69 Å². The van der Waals surface area contributed by atoms with Crippen molar-refractivity contribution in [3.8, 4) is 11.9 Å². The lowest BCUT2D eigenvalue weighted by Gasteiger charge is -2.25. The van der Waals surface area contributed by atoms with E-state index in [-0.39, 0.29) is 11.8 Å². The van der Waals surface area contributed by atoms with Gasteiger partial charge in [0.1, 0.15) is 11.6 Å². The number of ether oxygens (including phenoxy) is 1. The highest BCUT2D eigenvalue weighted by molar-refractivity contribution is 9.10. The Balaban J connectivity index is 2.23. The van der Waals surface area contributed by atoms with E-state index in [2.05, 4.69) is 32.0 Å². The number of nitrogens with zero attached hydrogens (tertiary/aromatic N) is 2. The van der Waals surface area contributed by atoms with Crippen LogP contribution >= 0.6 is 15.9 Å². The van der Waals surface area contributed by atoms with Crippen LogP contribution in [0.5, 0.6) is 5.88 Å². The third-order valence-electron chi connectivity index (χ3n) is 3.20. The molecular formula is C14H9BrN4O2. The number of aromatic amines is 1. The van der Waals surface area contributed by atoms with Gasteiger partial charge in [-0.1, -0.05) is 28.1 Å². The van der Waals surface area contributed by atoms with Gasteiger partial charge in [0.2, 0.25) is 11.8 Å². The van der Waals surface area contributed by atoms with E-state index in [1.54, 1.807) is 0 Å². The molecule has 0 saturated carbocycles. The second-order valence-electron chi connectivity index (χ2n) is 4.45. The summed E-state index contributed by atoms with van der Waals surface area (Å²) >= 11 is 3.37. The molecular weight excluding hydrogens is 336 g/mol. The minimum Gasteiger partial charge on any atom is -0.424 e. The standard InChI is InChI=1S/C14H9BrN4O2/c15-8-3-1-7(2-4-8)11-9(5-16)12(17)21-13-10(11)6-18-14(20)19-13/h1-4,6,11H,17H2,(H,18,19,20). The average Bonchev–Trinajstić information content (AvgIpc) is 2.46. The van der Waals surface area contributed by atoms with Gasteiger partial charge in [0.25, 0.3) is 0 Å². The molecule has 2 heterocycles. The summed E-state index contributed by atoms with van der Waals surface area (Å²) in [6, 6.07) is 9.56. The molecule has 7 heteroatoms. The Labute approximate surface area is 128 Å². The molecule has 3 rings (SSSR count). The molecule has 1 unspecified atom stereocenters. The molecule has 6 nitrogen and oxygen atoms in total. The first kappa shape index (κ1) is 13.4. The van der Waals surface area contributed by atoms with Crippen molar-refractivity contribution in [2.75, 3.05) is 0 Å². The Kier molecular flexibility index (Phi) is 3.23. The van der Waals surface area contributed by atoms with Crippen LogP contribution in [0.15, 0.2) is 51.2 Å². The molecule has 104 valence electrons. The molecule has 1 aromatic carbocycles. The summed E-state index contributed by atoms with van der Waals surface area (Å²) in [4.78, 5) is 17.5. The largest absolute Gasteiger partial charge is 0.424 e. The van der Waals surface area contributed by atoms with E-state index in [4.69, 9.17) is 10.5 Å². The van der Waals surface area contributed by atoms with Crippen molar-refractivity contribution in [2.24, 2.45) is 5.73 Å². The van der Waals surface area contributed by atoms with E-state index >= 15 is 0 Å². The Morgan fingerprint density at radius 1 is 1.38 bits per heavy atom. The van der Waals surface area contributed by atoms with Gasteiger partial charge in [0.05, 0.1) is 5.92 Å². The molecule has 0 aliphatic carbocycles. The predicted molar refractivity (Wildman–Crippen MR) is 78.3 cm³/mol. The molecule has 1 aliphatic rings. The monoisotopic (exact) mass is 344 g/mol. The number of aromatic nitrogens is 2. The molecule has 0 saturated heterocycles. The van der Waals surface area contributed by atoms with E-state index < -0.39 is 11.6 Å². The maximum atomic E-state index is 11.3. The topological polar surface area (TPSA) is 105 Å². The van der Waals surface area contributed by atoms with Crippen molar-refractivity contribution in [1.29, 1.82) is 5.26 Å². The van der Waals surface area contributed by atoms with Crippen molar-refractivity contribution in [1.82, 2.24) is 9.97 Å². The zero-order valence-corrected chi connectivity index (χ0v) is 12.2. The van der Waals surface area contributed by atoms with Gasteiger partial charge in [-0.3, -0.25) is 4.98 Å². The summed E-state index contributed by atoms with van der Waals surface area (Å²) in [7, 11) is 0. The van der Waals surface area contributed by atoms with Crippen LogP contribution in [-0.4, -0.2) is 9.97 Å². The van der Waals surface area contributed by atoms with Gasteiger partial charge in [-0.05, 0) is 17.7 Å². The average molecular weight is 345 g/mol. The number of benzene rings is 1. The van der Waals surface area contributed by atoms with Crippen molar-refractivity contribution in [2.45, 2.75) is 5.92 Å². The Bertz CT molecular complexity index is 833. The number of fused-ring (bicyclic) bond motifs is 1. The first-order valence-corrected chi connectivity index (χ1v) is 6.81. The quantitative estimate of drug-likeness (QED) is 0.819. The number of hydrogen-bond donors (Lipinski definition) is 2. The van der Waals surface area contributed by atoms with Crippen LogP contribution in [-0.2, 0) is 0 Å². The first-order valence-electron chi connectivity index (χ1n) is 6.02. The third kappa shape index (κ3) is 2.30. The van der Waals surface area contributed by atoms with Crippen molar-refractivity contribution < 1.29 is 4.74 Å². The first-order chi connectivity index (χ1) is 10.1. The number of allylic oxidation sites excluding steroid dienone is 1. The zero-order chi connectivity index (χ0) is 15.0. The summed E-state index contributed by atoms with van der Waals surface area (Å²) in [5, 5.41) is 9.36. The van der Waals surface area contributed by atoms with Crippen molar-refractivity contribution in [3.05, 3.63) is 68.0 Å². The molecule has 1 aromatic heterocycles. The van der Waals surface area contributed by atoms with Gasteiger partial charge < -0.3 is 10.5 Å². The number of rotatable bonds is 1. The smallest absolute Gasteiger partial charge is 0.347 e. The third-order valence-corrected chi connectivity index (χ3v) is 3.73. The highest BCUT2D eigenvalue weighted by Crippen LogP contribution is 2.40. The lowest BCUT2D eigenvalue weighted by molar-refractivity contribution is 0.374. The minimum atomic E-state index is -0.531. The molecule has 0 radical (unpaired) electrons. The molecule has 1 atom stereocenters. The lowest BCUT2D eigenvalue weighted by Crippen LogP contribution is -2.25. The number of hydrogen-bond acceptors (Lipinski definition) is 5. The molecule has 0 spiro atoms. The number of H-pyrrole nitrogens is 1. The highest BCUT2D eigenvalue weighted by atomic mass is 79.9. The number of halogens is 1. The zero-order valence-electron chi connectivity index (χ0n) is 10.6. The van der Waals surface area contributed by atoms with E-state index in [9.17, 15) is 10.1 Å². The molecule has 21 heavy (non-hydrogen) atoms. The molecule has 0 amide bonds. The fourth-order valence-corrected chi connectivity index (χ4v) is 2.53. The predicted octanol–water partition coefficient (Wildman–Crippen LogP) is 1.75. The molecule has 1 aliphatic heterocycles. The molecule has 2 aromatic rings. The van der Waals surface area contributed by atoms with Crippen LogP contribution in [0.4, 0.5) is 0 Å². The number of nitrogens with two attached hydrogens (primary N) is 1. The van der Waals surface area contributed by atoms with Crippen LogP contribution in [0, 0.1) is 11.3 Å². The van der Waals surface area contributed by atoms with Gasteiger partial charge in [-0.25, -0.2) is 9.78 Å². The van der Waals surface area contributed by atoms with Crippen molar-refractivity contribution >= 4 is 15.9 Å². The lowest BCUT2D eigenvalue weighted by atomic mass is 9.85. The molecule has 0 bridgehead atoms. The Hall–Kier alpha value is -2.59. The van der Waals surface area contributed by atoms with Gasteiger partial charge in [-0.15, -0.1) is 0 Å². The second kappa shape index (κ2) is 5.07. The van der Waals surface area contributed by atoms with Crippen LogP contribution in [0.25, 0.3) is 0 Å². The minimum absolute atomic E-state index is 0.0141. The molecule has 3 N–H and O–H groups in total. The van der Waals surface area contributed by atoms with E-state index in [1.807, 2.05) is 24.3 Å². The highest BCUT2D eigenvalue weighted by Gasteiger charge is 2.31. The maximum Gasteiger partial charge on any atom is 0.347 e. The van der Waals surface area contributed by atoms with E-state index in [0.29, 0.717) is 11.1 Å². The summed E-state index contributed by atoms with van der Waals surface area (Å²) in [5.74, 6) is -0.213. The normalized spacial score (nSPS) is 16.9. The van der Waals surface area contributed by atoms with E-state index in [1.165, 1.54) is 6.20 Å². The summed E-state index contributed by atoms with van der Waals surface area (Å²) < 4.78 is 6.25. The number of nitriles is 1. The van der Waals surface area contributed by atoms with Crippen LogP contribution in [0.2, 0.25) is 0 Å². The summed E-state index contributed by atoms with van der Waals surface area (Å²) in [6.07, 6.45) is 1.41.